The highest BCUT2D eigenvalue weighted by Crippen LogP contribution is 2.30. The number of hydrogen-bond donors (Lipinski definition) is 2. The van der Waals surface area contributed by atoms with E-state index >= 15 is 0 Å². The van der Waals surface area contributed by atoms with E-state index in [0.29, 0.717) is 32.4 Å². The number of nitrogens with zero attached hydrogens (tertiary/aromatic N) is 1. The minimum absolute atomic E-state index is 0.0143. The van der Waals surface area contributed by atoms with E-state index in [-0.39, 0.29) is 11.8 Å². The van der Waals surface area contributed by atoms with Gasteiger partial charge in [0.25, 0.3) is 0 Å². The van der Waals surface area contributed by atoms with Crippen molar-refractivity contribution in [2.45, 2.75) is 64.5 Å². The molecule has 156 valence electrons. The Balaban J connectivity index is 1.47. The molecule has 0 spiro atoms. The molecule has 2 N–H and O–H groups in total. The topological polar surface area (TPSA) is 91.5 Å². The van der Waals surface area contributed by atoms with Gasteiger partial charge in [0.05, 0.1) is 19.2 Å². The number of aromatic nitrogens is 1. The first-order valence-corrected chi connectivity index (χ1v) is 10.4. The smallest absolute Gasteiger partial charge is 0.243 e. The second-order valence-corrected chi connectivity index (χ2v) is 7.43. The molecule has 2 heterocycles. The zero-order valence-corrected chi connectivity index (χ0v) is 16.9. The van der Waals surface area contributed by atoms with Crippen molar-refractivity contribution in [1.82, 2.24) is 15.4 Å². The molecule has 0 saturated carbocycles. The van der Waals surface area contributed by atoms with Crippen LogP contribution in [0.15, 0.2) is 24.3 Å². The van der Waals surface area contributed by atoms with Gasteiger partial charge >= 0.3 is 0 Å². The second kappa shape index (κ2) is 10.2. The van der Waals surface area contributed by atoms with Crippen molar-refractivity contribution in [3.05, 3.63) is 35.5 Å². The zero-order chi connectivity index (χ0) is 20.6. The summed E-state index contributed by atoms with van der Waals surface area (Å²) in [6.07, 6.45) is 5.59. The van der Waals surface area contributed by atoms with Crippen LogP contribution in [-0.4, -0.2) is 40.6 Å². The summed E-state index contributed by atoms with van der Waals surface area (Å²) in [4.78, 5) is 45.8. The lowest BCUT2D eigenvalue weighted by atomic mass is 9.96. The molecule has 3 rings (SSSR count). The normalized spacial score (nSPS) is 15.9. The highest BCUT2D eigenvalue weighted by atomic mass is 16.6. The number of aldehydes is 1. The number of H-pyrrole nitrogens is 1. The van der Waals surface area contributed by atoms with Crippen molar-refractivity contribution in [2.24, 2.45) is 0 Å². The van der Waals surface area contributed by atoms with Crippen molar-refractivity contribution >= 4 is 29.0 Å². The molecular formula is C22H29N3O4. The second-order valence-electron chi connectivity index (χ2n) is 7.43. The first-order valence-electron chi connectivity index (χ1n) is 10.4. The van der Waals surface area contributed by atoms with Crippen LogP contribution in [0.1, 0.15) is 56.7 Å². The Morgan fingerprint density at radius 2 is 1.97 bits per heavy atom. The van der Waals surface area contributed by atoms with E-state index in [2.05, 4.69) is 16.5 Å². The molecular weight excluding hydrogens is 370 g/mol. The summed E-state index contributed by atoms with van der Waals surface area (Å²) < 4.78 is 0. The van der Waals surface area contributed by atoms with E-state index in [1.54, 1.807) is 4.90 Å². The van der Waals surface area contributed by atoms with Gasteiger partial charge in [-0.1, -0.05) is 31.0 Å². The molecule has 1 atom stereocenters. The quantitative estimate of drug-likeness (QED) is 0.365. The van der Waals surface area contributed by atoms with E-state index in [1.807, 2.05) is 25.1 Å². The number of aromatic amines is 1. The number of fused-ring (bicyclic) bond motifs is 3. The highest BCUT2D eigenvalue weighted by molar-refractivity contribution is 5.87. The Hall–Kier alpha value is -2.67. The number of hydroxylamine groups is 1. The molecule has 0 aliphatic carbocycles. The minimum Gasteiger partial charge on any atom is -0.357 e. The molecule has 2 amide bonds. The fourth-order valence-corrected chi connectivity index (χ4v) is 3.89. The summed E-state index contributed by atoms with van der Waals surface area (Å²) in [5.74, 6) is -0.0975. The Bertz CT molecular complexity index is 861. The van der Waals surface area contributed by atoms with E-state index in [1.165, 1.54) is 0 Å². The lowest BCUT2D eigenvalue weighted by Gasteiger charge is -2.32. The van der Waals surface area contributed by atoms with Gasteiger partial charge in [-0.15, -0.1) is 0 Å². The third-order valence-corrected chi connectivity index (χ3v) is 5.40. The predicted octanol–water partition coefficient (Wildman–Crippen LogP) is 3.03. The first kappa shape index (κ1) is 21.0. The van der Waals surface area contributed by atoms with Gasteiger partial charge in [0.2, 0.25) is 11.8 Å². The van der Waals surface area contributed by atoms with Crippen molar-refractivity contribution in [3.8, 4) is 0 Å². The Kier molecular flexibility index (Phi) is 7.41. The lowest BCUT2D eigenvalue weighted by molar-refractivity contribution is -0.137. The van der Waals surface area contributed by atoms with Gasteiger partial charge in [-0.25, -0.2) is 5.48 Å². The van der Waals surface area contributed by atoms with E-state index < -0.39 is 6.04 Å². The average molecular weight is 399 g/mol. The van der Waals surface area contributed by atoms with Gasteiger partial charge in [-0.05, 0) is 31.4 Å². The summed E-state index contributed by atoms with van der Waals surface area (Å²) in [5.41, 5.74) is 5.60. The van der Waals surface area contributed by atoms with Crippen LogP contribution in [0.25, 0.3) is 10.9 Å². The highest BCUT2D eigenvalue weighted by Gasteiger charge is 2.31. The summed E-state index contributed by atoms with van der Waals surface area (Å²) in [7, 11) is 0. The van der Waals surface area contributed by atoms with Crippen LogP contribution in [0.5, 0.6) is 0 Å². The van der Waals surface area contributed by atoms with Crippen LogP contribution in [0, 0.1) is 0 Å². The lowest BCUT2D eigenvalue weighted by Crippen LogP contribution is -2.45. The molecule has 0 unspecified atom stereocenters. The SMILES string of the molecule is CCONC(=O)CCCCCCC(=O)N1Cc2[nH]c3ccccc3c2C[C@H]1C=O. The van der Waals surface area contributed by atoms with E-state index in [0.717, 1.165) is 54.1 Å². The molecule has 0 saturated heterocycles. The maximum absolute atomic E-state index is 12.7. The van der Waals surface area contributed by atoms with Gasteiger partial charge in [0.15, 0.2) is 0 Å². The largest absolute Gasteiger partial charge is 0.357 e. The molecule has 0 radical (unpaired) electrons. The monoisotopic (exact) mass is 399 g/mol. The number of carbonyl (C=O) groups excluding carboxylic acids is 3. The molecule has 1 aliphatic heterocycles. The third-order valence-electron chi connectivity index (χ3n) is 5.40. The molecule has 1 aromatic heterocycles. The van der Waals surface area contributed by atoms with Crippen LogP contribution < -0.4 is 5.48 Å². The maximum atomic E-state index is 12.7. The summed E-state index contributed by atoms with van der Waals surface area (Å²) >= 11 is 0. The molecule has 1 aliphatic rings. The van der Waals surface area contributed by atoms with Crippen LogP contribution >= 0.6 is 0 Å². The number of benzene rings is 1. The van der Waals surface area contributed by atoms with E-state index in [9.17, 15) is 14.4 Å². The van der Waals surface area contributed by atoms with Gasteiger partial charge in [0, 0.05) is 35.9 Å². The van der Waals surface area contributed by atoms with Crippen LogP contribution in [0.4, 0.5) is 0 Å². The number of amides is 2. The minimum atomic E-state index is -0.406. The zero-order valence-electron chi connectivity index (χ0n) is 16.9. The number of rotatable bonds is 10. The van der Waals surface area contributed by atoms with Crippen LogP contribution in [0.3, 0.4) is 0 Å². The van der Waals surface area contributed by atoms with Crippen LogP contribution in [0.2, 0.25) is 0 Å². The molecule has 1 aromatic carbocycles. The summed E-state index contributed by atoms with van der Waals surface area (Å²) in [6.45, 7) is 2.71. The average Bonchev–Trinajstić information content (AvgIpc) is 3.11. The Morgan fingerprint density at radius 1 is 1.21 bits per heavy atom. The van der Waals surface area contributed by atoms with Crippen molar-refractivity contribution in [1.29, 1.82) is 0 Å². The molecule has 0 bridgehead atoms. The van der Waals surface area contributed by atoms with Crippen LogP contribution in [-0.2, 0) is 32.2 Å². The third kappa shape index (κ3) is 5.23. The van der Waals surface area contributed by atoms with Gasteiger partial charge in [-0.2, -0.15) is 0 Å². The van der Waals surface area contributed by atoms with Crippen molar-refractivity contribution in [3.63, 3.8) is 0 Å². The molecule has 7 nitrogen and oxygen atoms in total. The fraction of sp³-hybridized carbons (Fsp3) is 0.500. The van der Waals surface area contributed by atoms with Crippen molar-refractivity contribution < 1.29 is 19.2 Å². The summed E-state index contributed by atoms with van der Waals surface area (Å²) in [6, 6.07) is 7.63. The fourth-order valence-electron chi connectivity index (χ4n) is 3.89. The molecule has 29 heavy (non-hydrogen) atoms. The summed E-state index contributed by atoms with van der Waals surface area (Å²) in [5, 5.41) is 1.13. The Morgan fingerprint density at radius 3 is 2.72 bits per heavy atom. The van der Waals surface area contributed by atoms with Gasteiger partial charge in [-0.3, -0.25) is 14.4 Å². The van der Waals surface area contributed by atoms with Gasteiger partial charge < -0.3 is 14.7 Å². The van der Waals surface area contributed by atoms with Gasteiger partial charge in [0.1, 0.15) is 6.29 Å². The number of hydrogen-bond acceptors (Lipinski definition) is 4. The predicted molar refractivity (Wildman–Crippen MR) is 110 cm³/mol. The maximum Gasteiger partial charge on any atom is 0.243 e. The molecule has 0 fully saturated rings. The van der Waals surface area contributed by atoms with E-state index in [4.69, 9.17) is 4.84 Å². The number of para-hydroxylation sites is 1. The molecule has 2 aromatic rings. The van der Waals surface area contributed by atoms with Crippen molar-refractivity contribution in [2.75, 3.05) is 6.61 Å². The molecule has 7 heteroatoms. The number of nitrogens with one attached hydrogen (secondary N) is 2. The Labute approximate surface area is 170 Å². The first-order chi connectivity index (χ1) is 14.1. The standard InChI is InChI=1S/C22H29N3O4/c1-2-29-24-21(27)11-5-3-4-6-12-22(28)25-14-20-18(13-16(25)15-26)17-9-7-8-10-19(17)23-20/h7-10,15-16,23H,2-6,11-14H2,1H3,(H,24,27)/t16-/m0/s1. The number of carbonyl (C=O) groups is 3. The number of unbranched alkanes of at least 4 members (excludes halogenated alkanes) is 3.